The van der Waals surface area contributed by atoms with E-state index in [0.717, 1.165) is 0 Å². The zero-order valence-electron chi connectivity index (χ0n) is 9.28. The van der Waals surface area contributed by atoms with Crippen LogP contribution in [-0.2, 0) is 9.53 Å². The minimum Gasteiger partial charge on any atom is -0.466 e. The van der Waals surface area contributed by atoms with Crippen molar-refractivity contribution in [2.24, 2.45) is 5.73 Å². The van der Waals surface area contributed by atoms with Crippen LogP contribution in [0, 0.1) is 5.82 Å². The second-order valence-electron chi connectivity index (χ2n) is 3.28. The second-order valence-corrected chi connectivity index (χ2v) is 3.69. The summed E-state index contributed by atoms with van der Waals surface area (Å²) in [4.78, 5) is 11.2. The van der Waals surface area contributed by atoms with Crippen LogP contribution in [-0.4, -0.2) is 12.6 Å². The Balaban J connectivity index is 0.00000256. The number of benzene rings is 1. The third kappa shape index (κ3) is 4.89. The lowest BCUT2D eigenvalue weighted by Gasteiger charge is -2.12. The molecule has 0 aliphatic heterocycles. The first-order chi connectivity index (χ1) is 7.54. The molecular weight excluding hydrogens is 268 g/mol. The molecule has 0 bridgehead atoms. The number of carbonyl (C=O) groups excluding carboxylic acids is 1. The summed E-state index contributed by atoms with van der Waals surface area (Å²) in [5.41, 5.74) is 6.31. The molecule has 6 heteroatoms. The van der Waals surface area contributed by atoms with Crippen molar-refractivity contribution in [3.63, 3.8) is 0 Å². The molecule has 0 aromatic heterocycles. The van der Waals surface area contributed by atoms with Gasteiger partial charge in [-0.15, -0.1) is 12.4 Å². The molecule has 0 aliphatic rings. The Hall–Kier alpha value is -0.840. The van der Waals surface area contributed by atoms with Crippen molar-refractivity contribution in [1.29, 1.82) is 0 Å². The fourth-order valence-corrected chi connectivity index (χ4v) is 1.62. The highest BCUT2D eigenvalue weighted by Crippen LogP contribution is 2.24. The molecule has 0 radical (unpaired) electrons. The largest absolute Gasteiger partial charge is 0.466 e. The maximum Gasteiger partial charge on any atom is 0.307 e. The highest BCUT2D eigenvalue weighted by Gasteiger charge is 2.15. The minimum absolute atomic E-state index is 0. The first-order valence-electron chi connectivity index (χ1n) is 4.90. The zero-order chi connectivity index (χ0) is 12.1. The van der Waals surface area contributed by atoms with Crippen LogP contribution in [0.25, 0.3) is 0 Å². The number of halogens is 3. The molecule has 0 spiro atoms. The normalized spacial score (nSPS) is 11.5. The van der Waals surface area contributed by atoms with Gasteiger partial charge in [-0.2, -0.15) is 0 Å². The van der Waals surface area contributed by atoms with Crippen LogP contribution in [0.1, 0.15) is 24.9 Å². The molecule has 17 heavy (non-hydrogen) atoms. The van der Waals surface area contributed by atoms with Gasteiger partial charge in [-0.25, -0.2) is 4.39 Å². The molecule has 0 aliphatic carbocycles. The molecule has 1 rings (SSSR count). The van der Waals surface area contributed by atoms with E-state index in [1.807, 2.05) is 0 Å². The lowest BCUT2D eigenvalue weighted by Crippen LogP contribution is -2.17. The van der Waals surface area contributed by atoms with E-state index < -0.39 is 17.8 Å². The zero-order valence-corrected chi connectivity index (χ0v) is 10.9. The number of ether oxygens (including phenoxy) is 1. The molecule has 0 heterocycles. The van der Waals surface area contributed by atoms with Crippen LogP contribution >= 0.6 is 24.0 Å². The van der Waals surface area contributed by atoms with Crippen LogP contribution in [0.3, 0.4) is 0 Å². The molecule has 0 amide bonds. The van der Waals surface area contributed by atoms with Gasteiger partial charge in [0.05, 0.1) is 13.0 Å². The van der Waals surface area contributed by atoms with Crippen molar-refractivity contribution in [2.75, 3.05) is 6.61 Å². The van der Waals surface area contributed by atoms with Gasteiger partial charge in [0.2, 0.25) is 0 Å². The predicted octanol–water partition coefficient (Wildman–Crippen LogP) is 2.85. The topological polar surface area (TPSA) is 52.3 Å². The molecule has 96 valence electrons. The molecule has 1 atom stereocenters. The highest BCUT2D eigenvalue weighted by atomic mass is 35.5. The van der Waals surface area contributed by atoms with Crippen LogP contribution in [0.2, 0.25) is 5.02 Å². The first kappa shape index (κ1) is 16.2. The van der Waals surface area contributed by atoms with Crippen LogP contribution < -0.4 is 5.73 Å². The molecule has 0 unspecified atom stereocenters. The van der Waals surface area contributed by atoms with E-state index in [2.05, 4.69) is 0 Å². The number of carbonyl (C=O) groups is 1. The monoisotopic (exact) mass is 281 g/mol. The summed E-state index contributed by atoms with van der Waals surface area (Å²) < 4.78 is 17.5. The summed E-state index contributed by atoms with van der Waals surface area (Å²) in [7, 11) is 0. The third-order valence-electron chi connectivity index (χ3n) is 2.05. The van der Waals surface area contributed by atoms with Crippen LogP contribution in [0.5, 0.6) is 0 Å². The van der Waals surface area contributed by atoms with Gasteiger partial charge in [-0.05, 0) is 24.6 Å². The van der Waals surface area contributed by atoms with Gasteiger partial charge in [0.15, 0.2) is 0 Å². The van der Waals surface area contributed by atoms with Gasteiger partial charge >= 0.3 is 5.97 Å². The lowest BCUT2D eigenvalue weighted by atomic mass is 10.0. The summed E-state index contributed by atoms with van der Waals surface area (Å²) in [6.45, 7) is 2.02. The summed E-state index contributed by atoms with van der Waals surface area (Å²) in [6.07, 6.45) is 0.0270. The van der Waals surface area contributed by atoms with Crippen LogP contribution in [0.4, 0.5) is 4.39 Å². The van der Waals surface area contributed by atoms with Gasteiger partial charge in [-0.1, -0.05) is 17.7 Å². The van der Waals surface area contributed by atoms with Crippen molar-refractivity contribution in [2.45, 2.75) is 19.4 Å². The molecule has 0 saturated heterocycles. The Morgan fingerprint density at radius 3 is 2.76 bits per heavy atom. The number of nitrogens with two attached hydrogens (primary N) is 1. The number of hydrogen-bond donors (Lipinski definition) is 1. The van der Waals surface area contributed by atoms with Crippen molar-refractivity contribution in [3.8, 4) is 0 Å². The highest BCUT2D eigenvalue weighted by molar-refractivity contribution is 6.31. The Morgan fingerprint density at radius 1 is 1.59 bits per heavy atom. The quantitative estimate of drug-likeness (QED) is 0.864. The number of rotatable bonds is 4. The fraction of sp³-hybridized carbons (Fsp3) is 0.364. The average molecular weight is 282 g/mol. The standard InChI is InChI=1S/C11H13ClFNO2.ClH/c1-2-16-11(15)6-10(14)8-4-3-7(13)5-9(8)12;/h3-5,10H,2,6,14H2,1H3;1H/t10-;/m0./s1. The van der Waals surface area contributed by atoms with Crippen molar-refractivity contribution < 1.29 is 13.9 Å². The smallest absolute Gasteiger partial charge is 0.307 e. The average Bonchev–Trinajstić information content (AvgIpc) is 2.17. The Bertz CT molecular complexity index is 388. The van der Waals surface area contributed by atoms with Crippen molar-refractivity contribution in [1.82, 2.24) is 0 Å². The first-order valence-corrected chi connectivity index (χ1v) is 5.28. The summed E-state index contributed by atoms with van der Waals surface area (Å²) in [5.74, 6) is -0.826. The van der Waals surface area contributed by atoms with Gasteiger partial charge in [0.1, 0.15) is 5.82 Å². The van der Waals surface area contributed by atoms with Crippen molar-refractivity contribution >= 4 is 30.0 Å². The molecule has 3 nitrogen and oxygen atoms in total. The molecule has 1 aromatic carbocycles. The number of hydrogen-bond acceptors (Lipinski definition) is 3. The lowest BCUT2D eigenvalue weighted by molar-refractivity contribution is -0.143. The Morgan fingerprint density at radius 2 is 2.24 bits per heavy atom. The van der Waals surface area contributed by atoms with Gasteiger partial charge < -0.3 is 10.5 Å². The van der Waals surface area contributed by atoms with Crippen LogP contribution in [0.15, 0.2) is 18.2 Å². The summed E-state index contributed by atoms with van der Waals surface area (Å²) >= 11 is 5.81. The number of esters is 1. The van der Waals surface area contributed by atoms with E-state index in [1.54, 1.807) is 6.92 Å². The minimum atomic E-state index is -0.577. The Labute approximate surface area is 110 Å². The Kier molecular flexibility index (Phi) is 7.11. The third-order valence-corrected chi connectivity index (χ3v) is 2.38. The molecule has 1 aromatic rings. The van der Waals surface area contributed by atoms with E-state index in [0.29, 0.717) is 12.2 Å². The maximum absolute atomic E-state index is 12.8. The van der Waals surface area contributed by atoms with E-state index in [9.17, 15) is 9.18 Å². The van der Waals surface area contributed by atoms with E-state index >= 15 is 0 Å². The molecular formula is C11H14Cl2FNO2. The molecule has 0 fully saturated rings. The summed E-state index contributed by atoms with van der Waals surface area (Å²) in [6, 6.07) is 3.32. The van der Waals surface area contributed by atoms with Gasteiger partial charge in [0, 0.05) is 11.1 Å². The maximum atomic E-state index is 12.8. The van der Waals surface area contributed by atoms with Crippen molar-refractivity contribution in [3.05, 3.63) is 34.6 Å². The molecule has 0 saturated carbocycles. The second kappa shape index (κ2) is 7.48. The van der Waals surface area contributed by atoms with E-state index in [4.69, 9.17) is 22.1 Å². The fourth-order valence-electron chi connectivity index (χ4n) is 1.31. The SMILES string of the molecule is CCOC(=O)C[C@H](N)c1ccc(F)cc1Cl.Cl. The van der Waals surface area contributed by atoms with Gasteiger partial charge in [-0.3, -0.25) is 4.79 Å². The molecule has 2 N–H and O–H groups in total. The van der Waals surface area contributed by atoms with E-state index in [-0.39, 0.29) is 23.9 Å². The summed E-state index contributed by atoms with van der Waals surface area (Å²) in [5, 5.41) is 0.219. The predicted molar refractivity (Wildman–Crippen MR) is 66.8 cm³/mol. The van der Waals surface area contributed by atoms with Gasteiger partial charge in [0.25, 0.3) is 0 Å². The van der Waals surface area contributed by atoms with E-state index in [1.165, 1.54) is 18.2 Å².